The molecule has 0 spiro atoms. The van der Waals surface area contributed by atoms with Crippen LogP contribution >= 0.6 is 7.82 Å². The molecule has 0 aromatic heterocycles. The second-order valence-electron chi connectivity index (χ2n) is 12.9. The first kappa shape index (κ1) is 42.0. The largest absolute Gasteiger partial charge is 0.469 e. The van der Waals surface area contributed by atoms with E-state index in [-0.39, 0.29) is 19.4 Å². The third kappa shape index (κ3) is 32.3. The third-order valence-corrected chi connectivity index (χ3v) is 8.58. The monoisotopic (exact) mass is 634 g/mol. The summed E-state index contributed by atoms with van der Waals surface area (Å²) in [6, 6.07) is 0. The molecule has 0 bridgehead atoms. The van der Waals surface area contributed by atoms with Crippen LogP contribution in [0.25, 0.3) is 0 Å². The third-order valence-electron chi connectivity index (χ3n) is 8.09. The number of carbonyl (C=O) groups excluding carboxylic acids is 2. The minimum atomic E-state index is -4.74. The highest BCUT2D eigenvalue weighted by molar-refractivity contribution is 7.46. The average Bonchev–Trinajstić information content (AvgIpc) is 2.95. The molecule has 8 nitrogen and oxygen atoms in total. The summed E-state index contributed by atoms with van der Waals surface area (Å²) in [6.07, 6.45) is 24.1. The first-order valence-electron chi connectivity index (χ1n) is 17.6. The Kier molecular flexibility index (Phi) is 27.9. The van der Waals surface area contributed by atoms with E-state index < -0.39 is 32.5 Å². The molecule has 2 atom stereocenters. The summed E-state index contributed by atoms with van der Waals surface area (Å²) in [5.74, 6) is 0.746. The zero-order chi connectivity index (χ0) is 32.2. The number of phosphoric acid groups is 1. The van der Waals surface area contributed by atoms with Crippen LogP contribution in [0.2, 0.25) is 0 Å². The van der Waals surface area contributed by atoms with E-state index in [1.54, 1.807) is 0 Å². The van der Waals surface area contributed by atoms with Crippen molar-refractivity contribution in [2.75, 3.05) is 13.2 Å². The smallest absolute Gasteiger partial charge is 0.462 e. The molecular weight excluding hydrogens is 567 g/mol. The van der Waals surface area contributed by atoms with Crippen LogP contribution in [0.1, 0.15) is 175 Å². The number of ether oxygens (including phenoxy) is 2. The molecule has 9 heteroatoms. The number of hydrogen-bond acceptors (Lipinski definition) is 6. The molecule has 0 saturated heterocycles. The fraction of sp³-hybridized carbons (Fsp3) is 0.941. The molecule has 2 N–H and O–H groups in total. The van der Waals surface area contributed by atoms with Crippen molar-refractivity contribution in [1.82, 2.24) is 0 Å². The van der Waals surface area contributed by atoms with Gasteiger partial charge in [-0.3, -0.25) is 14.1 Å². The van der Waals surface area contributed by atoms with Crippen LogP contribution in [0, 0.1) is 11.8 Å². The zero-order valence-electron chi connectivity index (χ0n) is 28.2. The van der Waals surface area contributed by atoms with E-state index in [1.807, 2.05) is 0 Å². The van der Waals surface area contributed by atoms with Crippen molar-refractivity contribution in [3.8, 4) is 0 Å². The molecule has 0 rings (SSSR count). The maximum absolute atomic E-state index is 12.3. The lowest BCUT2D eigenvalue weighted by Crippen LogP contribution is -2.29. The van der Waals surface area contributed by atoms with E-state index in [2.05, 4.69) is 32.2 Å². The molecule has 0 aliphatic rings. The molecule has 43 heavy (non-hydrogen) atoms. The molecule has 0 saturated carbocycles. The van der Waals surface area contributed by atoms with Gasteiger partial charge in [0.05, 0.1) is 6.61 Å². The summed E-state index contributed by atoms with van der Waals surface area (Å²) in [7, 11) is -4.74. The summed E-state index contributed by atoms with van der Waals surface area (Å²) < 4.78 is 26.2. The lowest BCUT2D eigenvalue weighted by atomic mass is 9.99. The van der Waals surface area contributed by atoms with Gasteiger partial charge in [-0.1, -0.05) is 150 Å². The first-order valence-corrected chi connectivity index (χ1v) is 19.1. The number of hydrogen-bond donors (Lipinski definition) is 2. The van der Waals surface area contributed by atoms with Crippen LogP contribution in [-0.2, 0) is 28.2 Å². The highest BCUT2D eigenvalue weighted by Crippen LogP contribution is 2.36. The van der Waals surface area contributed by atoms with Crippen LogP contribution in [0.15, 0.2) is 0 Å². The van der Waals surface area contributed by atoms with Crippen molar-refractivity contribution in [2.45, 2.75) is 181 Å². The summed E-state index contributed by atoms with van der Waals surface area (Å²) in [5, 5.41) is 0. The molecule has 0 amide bonds. The standard InChI is InChI=1S/C34H67O8P/c1-5-31(4)25-21-17-13-8-6-7-9-15-19-23-27-34(36)42-32(29-41-43(37,38)39)28-40-33(35)26-22-18-14-11-10-12-16-20-24-30(2)3/h30-32H,5-29H2,1-4H3,(H2,37,38,39)/t31?,32-/m1/s1. The van der Waals surface area contributed by atoms with Gasteiger partial charge in [0.2, 0.25) is 0 Å². The molecule has 0 aromatic rings. The average molecular weight is 635 g/mol. The Hall–Kier alpha value is -0.950. The number of carbonyl (C=O) groups is 2. The summed E-state index contributed by atoms with van der Waals surface area (Å²) in [6.45, 7) is 8.30. The first-order chi connectivity index (χ1) is 20.5. The minimum Gasteiger partial charge on any atom is -0.462 e. The predicted octanol–water partition coefficient (Wildman–Crippen LogP) is 9.83. The highest BCUT2D eigenvalue weighted by atomic mass is 31.2. The van der Waals surface area contributed by atoms with Gasteiger partial charge in [0.1, 0.15) is 6.61 Å². The molecule has 0 aliphatic carbocycles. The van der Waals surface area contributed by atoms with Gasteiger partial charge in [0.15, 0.2) is 6.10 Å². The van der Waals surface area contributed by atoms with Gasteiger partial charge in [0.25, 0.3) is 0 Å². The number of esters is 2. The van der Waals surface area contributed by atoms with Gasteiger partial charge in [-0.05, 0) is 24.7 Å². The number of unbranched alkanes of at least 4 members (excludes halogenated alkanes) is 16. The lowest BCUT2D eigenvalue weighted by molar-refractivity contribution is -0.161. The van der Waals surface area contributed by atoms with Crippen molar-refractivity contribution in [3.05, 3.63) is 0 Å². The van der Waals surface area contributed by atoms with Gasteiger partial charge in [-0.25, -0.2) is 4.57 Å². The SMILES string of the molecule is CCC(C)CCCCCCCCCCCCC(=O)O[C@H](COC(=O)CCCCCCCCCCC(C)C)COP(=O)(O)O. The van der Waals surface area contributed by atoms with Gasteiger partial charge >= 0.3 is 19.8 Å². The maximum atomic E-state index is 12.3. The molecule has 0 heterocycles. The molecule has 0 aliphatic heterocycles. The van der Waals surface area contributed by atoms with Gasteiger partial charge in [-0.2, -0.15) is 0 Å². The van der Waals surface area contributed by atoms with E-state index in [9.17, 15) is 14.2 Å². The van der Waals surface area contributed by atoms with Gasteiger partial charge in [0, 0.05) is 12.8 Å². The van der Waals surface area contributed by atoms with Crippen molar-refractivity contribution in [3.63, 3.8) is 0 Å². The van der Waals surface area contributed by atoms with Crippen molar-refractivity contribution >= 4 is 19.8 Å². The molecular formula is C34H67O8P. The Balaban J connectivity index is 3.99. The summed E-state index contributed by atoms with van der Waals surface area (Å²) in [4.78, 5) is 42.5. The Bertz CT molecular complexity index is 709. The van der Waals surface area contributed by atoms with Crippen LogP contribution in [0.3, 0.4) is 0 Å². The van der Waals surface area contributed by atoms with Crippen LogP contribution in [0.4, 0.5) is 0 Å². The van der Waals surface area contributed by atoms with Crippen LogP contribution < -0.4 is 0 Å². The Morgan fingerprint density at radius 3 is 1.47 bits per heavy atom. The minimum absolute atomic E-state index is 0.217. The fourth-order valence-electron chi connectivity index (χ4n) is 5.06. The van der Waals surface area contributed by atoms with E-state index in [4.69, 9.17) is 19.3 Å². The van der Waals surface area contributed by atoms with E-state index in [1.165, 1.54) is 89.9 Å². The van der Waals surface area contributed by atoms with Crippen LogP contribution in [-0.4, -0.2) is 41.0 Å². The molecule has 0 fully saturated rings. The summed E-state index contributed by atoms with van der Waals surface area (Å²) >= 11 is 0. The van der Waals surface area contributed by atoms with Crippen LogP contribution in [0.5, 0.6) is 0 Å². The molecule has 1 unspecified atom stereocenters. The number of phosphoric ester groups is 1. The fourth-order valence-corrected chi connectivity index (χ4v) is 5.42. The Morgan fingerprint density at radius 2 is 1.02 bits per heavy atom. The summed E-state index contributed by atoms with van der Waals surface area (Å²) in [5.41, 5.74) is 0. The van der Waals surface area contributed by atoms with Crippen molar-refractivity contribution in [1.29, 1.82) is 0 Å². The number of rotatable bonds is 31. The van der Waals surface area contributed by atoms with Crippen molar-refractivity contribution < 1.29 is 37.9 Å². The second kappa shape index (κ2) is 28.5. The topological polar surface area (TPSA) is 119 Å². The Labute approximate surface area is 264 Å². The van der Waals surface area contributed by atoms with E-state index in [0.717, 1.165) is 50.4 Å². The molecule has 0 radical (unpaired) electrons. The quantitative estimate of drug-likeness (QED) is 0.0439. The molecule has 0 aromatic carbocycles. The lowest BCUT2D eigenvalue weighted by Gasteiger charge is -2.18. The van der Waals surface area contributed by atoms with Gasteiger partial charge < -0.3 is 19.3 Å². The second-order valence-corrected chi connectivity index (χ2v) is 14.2. The van der Waals surface area contributed by atoms with Gasteiger partial charge in [-0.15, -0.1) is 0 Å². The van der Waals surface area contributed by atoms with E-state index in [0.29, 0.717) is 6.42 Å². The highest BCUT2D eigenvalue weighted by Gasteiger charge is 2.22. The zero-order valence-corrected chi connectivity index (χ0v) is 29.1. The molecule has 256 valence electrons. The van der Waals surface area contributed by atoms with Crippen molar-refractivity contribution in [2.24, 2.45) is 11.8 Å². The Morgan fingerprint density at radius 1 is 0.605 bits per heavy atom. The van der Waals surface area contributed by atoms with E-state index >= 15 is 0 Å². The maximum Gasteiger partial charge on any atom is 0.469 e. The normalized spacial score (nSPS) is 13.3. The predicted molar refractivity (Wildman–Crippen MR) is 175 cm³/mol.